The minimum Gasteiger partial charge on any atom is -0.392 e. The fourth-order valence-corrected chi connectivity index (χ4v) is 2.89. The summed E-state index contributed by atoms with van der Waals surface area (Å²) in [5.41, 5.74) is 1.22. The normalized spacial score (nSPS) is 17.5. The number of aliphatic hydroxyl groups excluding tert-OH is 1. The van der Waals surface area contributed by atoms with E-state index in [1.807, 2.05) is 37.1 Å². The third-order valence-electron chi connectivity index (χ3n) is 4.37. The van der Waals surface area contributed by atoms with Crippen LogP contribution in [-0.2, 0) is 11.3 Å². The van der Waals surface area contributed by atoms with Crippen molar-refractivity contribution in [1.82, 2.24) is 14.7 Å². The van der Waals surface area contributed by atoms with Gasteiger partial charge in [-0.1, -0.05) is 37.3 Å². The van der Waals surface area contributed by atoms with Gasteiger partial charge in [0.15, 0.2) is 0 Å². The average Bonchev–Trinajstić information content (AvgIpc) is 2.56. The van der Waals surface area contributed by atoms with Crippen LogP contribution in [0.3, 0.4) is 0 Å². The van der Waals surface area contributed by atoms with Crippen LogP contribution in [0.25, 0.3) is 0 Å². The Morgan fingerprint density at radius 1 is 1.22 bits per heavy atom. The smallest absolute Gasteiger partial charge is 0.236 e. The van der Waals surface area contributed by atoms with E-state index >= 15 is 0 Å². The molecule has 0 radical (unpaired) electrons. The van der Waals surface area contributed by atoms with E-state index in [-0.39, 0.29) is 12.0 Å². The number of aliphatic hydroxyl groups is 1. The third kappa shape index (κ3) is 5.94. The van der Waals surface area contributed by atoms with E-state index in [1.54, 1.807) is 0 Å². The van der Waals surface area contributed by atoms with Crippen molar-refractivity contribution in [2.24, 2.45) is 0 Å². The number of rotatable bonds is 7. The summed E-state index contributed by atoms with van der Waals surface area (Å²) < 4.78 is 0. The summed E-state index contributed by atoms with van der Waals surface area (Å²) in [5, 5.41) is 9.72. The van der Waals surface area contributed by atoms with E-state index in [1.165, 1.54) is 5.56 Å². The van der Waals surface area contributed by atoms with E-state index < -0.39 is 0 Å². The highest BCUT2D eigenvalue weighted by molar-refractivity contribution is 5.78. The Balaban J connectivity index is 1.72. The molecule has 5 nitrogen and oxygen atoms in total. The monoisotopic (exact) mass is 319 g/mol. The molecule has 0 spiro atoms. The summed E-state index contributed by atoms with van der Waals surface area (Å²) in [6.45, 7) is 7.17. The quantitative estimate of drug-likeness (QED) is 0.815. The molecule has 1 atom stereocenters. The maximum atomic E-state index is 12.4. The zero-order valence-electron chi connectivity index (χ0n) is 14.3. The van der Waals surface area contributed by atoms with Crippen LogP contribution in [-0.4, -0.2) is 78.1 Å². The molecule has 0 saturated carbocycles. The molecule has 1 aliphatic rings. The SMILES string of the molecule is CCC(O)CN1CCN(C(=O)CN(C)Cc2ccccc2)CC1. The van der Waals surface area contributed by atoms with E-state index in [4.69, 9.17) is 0 Å². The molecular weight excluding hydrogens is 290 g/mol. The molecule has 23 heavy (non-hydrogen) atoms. The first-order valence-electron chi connectivity index (χ1n) is 8.49. The van der Waals surface area contributed by atoms with Crippen molar-refractivity contribution >= 4 is 5.91 Å². The first-order valence-corrected chi connectivity index (χ1v) is 8.49. The molecule has 0 aromatic heterocycles. The van der Waals surface area contributed by atoms with Crippen molar-refractivity contribution in [3.63, 3.8) is 0 Å². The summed E-state index contributed by atoms with van der Waals surface area (Å²) in [5.74, 6) is 0.194. The van der Waals surface area contributed by atoms with E-state index in [0.29, 0.717) is 13.1 Å². The third-order valence-corrected chi connectivity index (χ3v) is 4.37. The summed E-state index contributed by atoms with van der Waals surface area (Å²) in [4.78, 5) is 18.6. The Morgan fingerprint density at radius 2 is 1.87 bits per heavy atom. The lowest BCUT2D eigenvalue weighted by Crippen LogP contribution is -2.52. The van der Waals surface area contributed by atoms with Crippen LogP contribution in [0, 0.1) is 0 Å². The average molecular weight is 319 g/mol. The molecule has 1 saturated heterocycles. The predicted molar refractivity (Wildman–Crippen MR) is 92.1 cm³/mol. The second-order valence-electron chi connectivity index (χ2n) is 6.40. The van der Waals surface area contributed by atoms with Crippen molar-refractivity contribution in [1.29, 1.82) is 0 Å². The maximum Gasteiger partial charge on any atom is 0.236 e. The maximum absolute atomic E-state index is 12.4. The first-order chi connectivity index (χ1) is 11.1. The molecule has 5 heteroatoms. The van der Waals surface area contributed by atoms with Crippen molar-refractivity contribution in [2.45, 2.75) is 26.0 Å². The number of piperazine rings is 1. The number of benzene rings is 1. The van der Waals surface area contributed by atoms with Gasteiger partial charge < -0.3 is 10.0 Å². The van der Waals surface area contributed by atoms with Crippen LogP contribution in [0.5, 0.6) is 0 Å². The molecule has 2 rings (SSSR count). The summed E-state index contributed by atoms with van der Waals surface area (Å²) in [6.07, 6.45) is 0.526. The second-order valence-corrected chi connectivity index (χ2v) is 6.40. The molecule has 1 aromatic carbocycles. The predicted octanol–water partition coefficient (Wildman–Crippen LogP) is 1.03. The Hall–Kier alpha value is -1.43. The highest BCUT2D eigenvalue weighted by Crippen LogP contribution is 2.07. The molecular formula is C18H29N3O2. The van der Waals surface area contributed by atoms with Gasteiger partial charge in [-0.3, -0.25) is 14.6 Å². The fourth-order valence-electron chi connectivity index (χ4n) is 2.89. The van der Waals surface area contributed by atoms with Crippen LogP contribution in [0.1, 0.15) is 18.9 Å². The summed E-state index contributed by atoms with van der Waals surface area (Å²) >= 11 is 0. The summed E-state index contributed by atoms with van der Waals surface area (Å²) in [6, 6.07) is 10.2. The first kappa shape index (κ1) is 17.9. The van der Waals surface area contributed by atoms with Gasteiger partial charge in [-0.25, -0.2) is 0 Å². The van der Waals surface area contributed by atoms with Gasteiger partial charge in [0, 0.05) is 39.3 Å². The van der Waals surface area contributed by atoms with Crippen molar-refractivity contribution in [2.75, 3.05) is 46.3 Å². The molecule has 1 N–H and O–H groups in total. The largest absolute Gasteiger partial charge is 0.392 e. The Labute approximate surface area is 139 Å². The van der Waals surface area contributed by atoms with Gasteiger partial charge in [-0.2, -0.15) is 0 Å². The molecule has 1 heterocycles. The lowest BCUT2D eigenvalue weighted by molar-refractivity contribution is -0.134. The topological polar surface area (TPSA) is 47.0 Å². The molecule has 0 aliphatic carbocycles. The molecule has 1 aliphatic heterocycles. The Morgan fingerprint density at radius 3 is 2.48 bits per heavy atom. The number of hydrogen-bond donors (Lipinski definition) is 1. The van der Waals surface area contributed by atoms with E-state index in [0.717, 1.165) is 39.1 Å². The molecule has 0 bridgehead atoms. The Kier molecular flexibility index (Phi) is 7.02. The van der Waals surface area contributed by atoms with Gasteiger partial charge in [-0.05, 0) is 19.0 Å². The Bertz CT molecular complexity index is 472. The van der Waals surface area contributed by atoms with Crippen LogP contribution in [0.2, 0.25) is 0 Å². The molecule has 128 valence electrons. The van der Waals surface area contributed by atoms with Crippen LogP contribution < -0.4 is 0 Å². The number of amides is 1. The van der Waals surface area contributed by atoms with Gasteiger partial charge in [0.1, 0.15) is 0 Å². The van der Waals surface area contributed by atoms with Gasteiger partial charge in [0.05, 0.1) is 12.6 Å². The van der Waals surface area contributed by atoms with Crippen molar-refractivity contribution < 1.29 is 9.90 Å². The van der Waals surface area contributed by atoms with Crippen molar-refractivity contribution in [3.05, 3.63) is 35.9 Å². The van der Waals surface area contributed by atoms with Gasteiger partial charge >= 0.3 is 0 Å². The minimum absolute atomic E-state index is 0.194. The standard InChI is InChI=1S/C18H29N3O2/c1-3-17(22)14-20-9-11-21(12-10-20)18(23)15-19(2)13-16-7-5-4-6-8-16/h4-8,17,22H,3,9-15H2,1-2H3. The van der Waals surface area contributed by atoms with Gasteiger partial charge in [0.2, 0.25) is 5.91 Å². The fraction of sp³-hybridized carbons (Fsp3) is 0.611. The lowest BCUT2D eigenvalue weighted by Gasteiger charge is -2.36. The zero-order valence-corrected chi connectivity index (χ0v) is 14.3. The van der Waals surface area contributed by atoms with Gasteiger partial charge in [-0.15, -0.1) is 0 Å². The number of hydrogen-bond acceptors (Lipinski definition) is 4. The highest BCUT2D eigenvalue weighted by atomic mass is 16.3. The highest BCUT2D eigenvalue weighted by Gasteiger charge is 2.22. The van der Waals surface area contributed by atoms with E-state index in [9.17, 15) is 9.90 Å². The van der Waals surface area contributed by atoms with Crippen molar-refractivity contribution in [3.8, 4) is 0 Å². The number of nitrogens with zero attached hydrogens (tertiary/aromatic N) is 3. The summed E-state index contributed by atoms with van der Waals surface area (Å²) in [7, 11) is 1.98. The number of carbonyl (C=O) groups excluding carboxylic acids is 1. The van der Waals surface area contributed by atoms with Crippen LogP contribution in [0.4, 0.5) is 0 Å². The molecule has 1 unspecified atom stereocenters. The van der Waals surface area contributed by atoms with Crippen LogP contribution in [0.15, 0.2) is 30.3 Å². The minimum atomic E-state index is -0.255. The second kappa shape index (κ2) is 9.01. The number of likely N-dealkylation sites (N-methyl/N-ethyl adjacent to an activating group) is 1. The lowest BCUT2D eigenvalue weighted by atomic mass is 10.2. The number of carbonyl (C=O) groups is 1. The van der Waals surface area contributed by atoms with E-state index in [2.05, 4.69) is 21.9 Å². The van der Waals surface area contributed by atoms with Gasteiger partial charge in [0.25, 0.3) is 0 Å². The number of β-amino-alcohol motifs (C(OH)–C–C–N with tert-alkyl or cyclic N) is 1. The molecule has 1 amide bonds. The zero-order chi connectivity index (χ0) is 16.7. The molecule has 1 aromatic rings. The molecule has 1 fully saturated rings. The van der Waals surface area contributed by atoms with Crippen LogP contribution >= 0.6 is 0 Å².